The number of carbonyl (C=O) groups is 1. The third kappa shape index (κ3) is 2.51. The number of nitrogens with zero attached hydrogens (tertiary/aromatic N) is 2. The van der Waals surface area contributed by atoms with E-state index >= 15 is 0 Å². The van der Waals surface area contributed by atoms with Crippen molar-refractivity contribution in [2.75, 3.05) is 26.2 Å². The van der Waals surface area contributed by atoms with Crippen molar-refractivity contribution in [1.82, 2.24) is 15.2 Å². The van der Waals surface area contributed by atoms with Gasteiger partial charge in [0.25, 0.3) is 5.91 Å². The second-order valence-corrected chi connectivity index (χ2v) is 5.76. The standard InChI is InChI=1S/C17H21N3O/c1-11-4-5-14-15(10-12(2)19-16(14)13(11)3)17(21)20-8-6-18-7-9-20/h4-5,10,18H,6-9H2,1-3H3. The lowest BCUT2D eigenvalue weighted by Crippen LogP contribution is -2.46. The molecule has 0 saturated carbocycles. The molecule has 1 fully saturated rings. The molecular formula is C17H21N3O. The molecule has 21 heavy (non-hydrogen) atoms. The Kier molecular flexibility index (Phi) is 3.64. The highest BCUT2D eigenvalue weighted by molar-refractivity contribution is 6.07. The third-order valence-corrected chi connectivity index (χ3v) is 4.27. The van der Waals surface area contributed by atoms with Gasteiger partial charge in [0, 0.05) is 37.3 Å². The predicted octanol–water partition coefficient (Wildman–Crippen LogP) is 2.21. The summed E-state index contributed by atoms with van der Waals surface area (Å²) >= 11 is 0. The van der Waals surface area contributed by atoms with Crippen LogP contribution < -0.4 is 5.32 Å². The zero-order chi connectivity index (χ0) is 15.0. The lowest BCUT2D eigenvalue weighted by Gasteiger charge is -2.28. The number of pyridine rings is 1. The van der Waals surface area contributed by atoms with Gasteiger partial charge in [0.1, 0.15) is 0 Å². The summed E-state index contributed by atoms with van der Waals surface area (Å²) in [6.45, 7) is 9.38. The Morgan fingerprint density at radius 3 is 2.62 bits per heavy atom. The van der Waals surface area contributed by atoms with Crippen LogP contribution in [0.5, 0.6) is 0 Å². The number of hydrogen-bond acceptors (Lipinski definition) is 3. The smallest absolute Gasteiger partial charge is 0.254 e. The molecule has 0 unspecified atom stereocenters. The maximum absolute atomic E-state index is 12.8. The molecule has 3 rings (SSSR count). The molecule has 1 aliphatic rings. The van der Waals surface area contributed by atoms with Crippen molar-refractivity contribution in [3.63, 3.8) is 0 Å². The van der Waals surface area contributed by atoms with Gasteiger partial charge in [-0.25, -0.2) is 0 Å². The van der Waals surface area contributed by atoms with E-state index in [-0.39, 0.29) is 5.91 Å². The van der Waals surface area contributed by atoms with Crippen LogP contribution in [0.1, 0.15) is 27.2 Å². The van der Waals surface area contributed by atoms with E-state index < -0.39 is 0 Å². The Morgan fingerprint density at radius 1 is 1.19 bits per heavy atom. The minimum Gasteiger partial charge on any atom is -0.336 e. The average molecular weight is 283 g/mol. The number of aromatic nitrogens is 1. The monoisotopic (exact) mass is 283 g/mol. The van der Waals surface area contributed by atoms with Crippen LogP contribution in [-0.2, 0) is 0 Å². The van der Waals surface area contributed by atoms with E-state index in [0.717, 1.165) is 53.9 Å². The van der Waals surface area contributed by atoms with Crippen LogP contribution in [0.3, 0.4) is 0 Å². The molecule has 0 aliphatic carbocycles. The Balaban J connectivity index is 2.13. The zero-order valence-corrected chi connectivity index (χ0v) is 12.9. The van der Waals surface area contributed by atoms with E-state index in [0.29, 0.717) is 0 Å². The largest absolute Gasteiger partial charge is 0.336 e. The molecule has 1 aromatic carbocycles. The van der Waals surface area contributed by atoms with E-state index in [1.54, 1.807) is 0 Å². The van der Waals surface area contributed by atoms with Crippen LogP contribution in [0.25, 0.3) is 10.9 Å². The fourth-order valence-electron chi connectivity index (χ4n) is 2.87. The van der Waals surface area contributed by atoms with Gasteiger partial charge in [0.2, 0.25) is 0 Å². The zero-order valence-electron chi connectivity index (χ0n) is 12.9. The van der Waals surface area contributed by atoms with Crippen molar-refractivity contribution in [2.24, 2.45) is 0 Å². The molecule has 1 aromatic heterocycles. The Morgan fingerprint density at radius 2 is 1.90 bits per heavy atom. The molecule has 0 spiro atoms. The maximum Gasteiger partial charge on any atom is 0.254 e. The summed E-state index contributed by atoms with van der Waals surface area (Å²) in [7, 11) is 0. The lowest BCUT2D eigenvalue weighted by atomic mass is 10.00. The van der Waals surface area contributed by atoms with Crippen LogP contribution in [0, 0.1) is 20.8 Å². The fraction of sp³-hybridized carbons (Fsp3) is 0.412. The minimum atomic E-state index is 0.121. The molecule has 0 atom stereocenters. The van der Waals surface area contributed by atoms with Gasteiger partial charge < -0.3 is 10.2 Å². The molecule has 2 aromatic rings. The van der Waals surface area contributed by atoms with Crippen molar-refractivity contribution in [3.8, 4) is 0 Å². The molecule has 4 heteroatoms. The quantitative estimate of drug-likeness (QED) is 0.872. The van der Waals surface area contributed by atoms with Crippen LogP contribution in [0.15, 0.2) is 18.2 Å². The summed E-state index contributed by atoms with van der Waals surface area (Å²) in [5.41, 5.74) is 5.00. The summed E-state index contributed by atoms with van der Waals surface area (Å²) < 4.78 is 0. The Hall–Kier alpha value is -1.94. The minimum absolute atomic E-state index is 0.121. The summed E-state index contributed by atoms with van der Waals surface area (Å²) in [6, 6.07) is 6.02. The second-order valence-electron chi connectivity index (χ2n) is 5.76. The number of nitrogens with one attached hydrogen (secondary N) is 1. The van der Waals surface area contributed by atoms with E-state index in [1.807, 2.05) is 24.0 Å². The maximum atomic E-state index is 12.8. The molecular weight excluding hydrogens is 262 g/mol. The highest BCUT2D eigenvalue weighted by Gasteiger charge is 2.21. The third-order valence-electron chi connectivity index (χ3n) is 4.27. The first-order chi connectivity index (χ1) is 10.1. The van der Waals surface area contributed by atoms with Crippen LogP contribution in [0.2, 0.25) is 0 Å². The van der Waals surface area contributed by atoms with Crippen molar-refractivity contribution >= 4 is 16.8 Å². The van der Waals surface area contributed by atoms with Gasteiger partial charge in [0.05, 0.1) is 11.1 Å². The number of carbonyl (C=O) groups excluding carboxylic acids is 1. The van der Waals surface area contributed by atoms with E-state index in [4.69, 9.17) is 0 Å². The van der Waals surface area contributed by atoms with Crippen molar-refractivity contribution in [3.05, 3.63) is 40.6 Å². The SMILES string of the molecule is Cc1cc(C(=O)N2CCNCC2)c2ccc(C)c(C)c2n1. The van der Waals surface area contributed by atoms with Gasteiger partial charge in [-0.05, 0) is 38.0 Å². The first-order valence-electron chi connectivity index (χ1n) is 7.45. The molecule has 1 amide bonds. The molecule has 0 bridgehead atoms. The molecule has 1 aliphatic heterocycles. The summed E-state index contributed by atoms with van der Waals surface area (Å²) in [5.74, 6) is 0.121. The van der Waals surface area contributed by atoms with Gasteiger partial charge in [-0.15, -0.1) is 0 Å². The van der Waals surface area contributed by atoms with Gasteiger partial charge in [-0.3, -0.25) is 9.78 Å². The summed E-state index contributed by atoms with van der Waals surface area (Å²) in [4.78, 5) is 19.4. The number of benzene rings is 1. The van der Waals surface area contributed by atoms with Crippen molar-refractivity contribution in [1.29, 1.82) is 0 Å². The highest BCUT2D eigenvalue weighted by Crippen LogP contribution is 2.25. The molecule has 1 N–H and O–H groups in total. The van der Waals surface area contributed by atoms with Crippen molar-refractivity contribution < 1.29 is 4.79 Å². The normalized spacial score (nSPS) is 15.5. The summed E-state index contributed by atoms with van der Waals surface area (Å²) in [6.07, 6.45) is 0. The molecule has 110 valence electrons. The highest BCUT2D eigenvalue weighted by atomic mass is 16.2. The number of piperazine rings is 1. The van der Waals surface area contributed by atoms with E-state index in [1.165, 1.54) is 5.56 Å². The first-order valence-corrected chi connectivity index (χ1v) is 7.45. The number of aryl methyl sites for hydroxylation is 3. The number of amides is 1. The van der Waals surface area contributed by atoms with Crippen LogP contribution >= 0.6 is 0 Å². The Bertz CT molecular complexity index is 703. The predicted molar refractivity (Wildman–Crippen MR) is 84.7 cm³/mol. The molecule has 1 saturated heterocycles. The fourth-order valence-corrected chi connectivity index (χ4v) is 2.87. The second kappa shape index (κ2) is 5.45. The number of fused-ring (bicyclic) bond motifs is 1. The van der Waals surface area contributed by atoms with Gasteiger partial charge in [0.15, 0.2) is 0 Å². The van der Waals surface area contributed by atoms with E-state index in [9.17, 15) is 4.79 Å². The molecule has 4 nitrogen and oxygen atoms in total. The first kappa shape index (κ1) is 14.0. The molecule has 2 heterocycles. The number of hydrogen-bond donors (Lipinski definition) is 1. The van der Waals surface area contributed by atoms with Gasteiger partial charge in [-0.1, -0.05) is 12.1 Å². The van der Waals surface area contributed by atoms with Crippen LogP contribution in [-0.4, -0.2) is 42.0 Å². The Labute approximate surface area is 125 Å². The van der Waals surface area contributed by atoms with Crippen molar-refractivity contribution in [2.45, 2.75) is 20.8 Å². The van der Waals surface area contributed by atoms with Gasteiger partial charge in [-0.2, -0.15) is 0 Å². The molecule has 0 radical (unpaired) electrons. The van der Waals surface area contributed by atoms with Crippen LogP contribution in [0.4, 0.5) is 0 Å². The van der Waals surface area contributed by atoms with E-state index in [2.05, 4.69) is 30.2 Å². The topological polar surface area (TPSA) is 45.2 Å². The van der Waals surface area contributed by atoms with Gasteiger partial charge >= 0.3 is 0 Å². The number of rotatable bonds is 1. The lowest BCUT2D eigenvalue weighted by molar-refractivity contribution is 0.0737. The average Bonchev–Trinajstić information content (AvgIpc) is 2.51. The summed E-state index contributed by atoms with van der Waals surface area (Å²) in [5, 5.41) is 4.24.